The van der Waals surface area contributed by atoms with Gasteiger partial charge >= 0.3 is 0 Å². The molecule has 0 aliphatic heterocycles. The zero-order chi connectivity index (χ0) is 3.54. The first-order valence-corrected chi connectivity index (χ1v) is 2.41. The van der Waals surface area contributed by atoms with Crippen LogP contribution in [0.1, 0.15) is 0 Å². The van der Waals surface area contributed by atoms with E-state index in [0.717, 1.165) is 0 Å². The van der Waals surface area contributed by atoms with Crippen LogP contribution in [0.2, 0.25) is 0 Å². The largest absolute Gasteiger partial charge is 1.00 e. The Bertz CT molecular complexity index is 70.5. The molecule has 0 unspecified atom stereocenters. The maximum Gasteiger partial charge on any atom is 0 e. The van der Waals surface area contributed by atoms with Gasteiger partial charge in [-0.3, -0.25) is 0 Å². The van der Waals surface area contributed by atoms with Crippen molar-refractivity contribution in [2.24, 2.45) is 0 Å². The molecule has 0 spiro atoms. The van der Waals surface area contributed by atoms with E-state index in [-0.39, 0.29) is 50.7 Å². The SMILES string of the molecule is [Cl-].[Cl-].[Hf].c1ccsc1. The number of thiophene rings is 1. The van der Waals surface area contributed by atoms with Crippen LogP contribution in [0.15, 0.2) is 22.9 Å². The third-order valence-electron chi connectivity index (χ3n) is 0.425. The molecule has 1 aromatic heterocycles. The minimum Gasteiger partial charge on any atom is -1.00 e. The maximum absolute atomic E-state index is 2.04. The van der Waals surface area contributed by atoms with Crippen molar-refractivity contribution >= 4 is 11.3 Å². The van der Waals surface area contributed by atoms with Crippen LogP contribution in [0.4, 0.5) is 0 Å². The van der Waals surface area contributed by atoms with Crippen LogP contribution in [-0.2, 0) is 25.8 Å². The summed E-state index contributed by atoms with van der Waals surface area (Å²) in [7, 11) is 0. The van der Waals surface area contributed by atoms with E-state index in [4.69, 9.17) is 0 Å². The molecule has 0 amide bonds. The van der Waals surface area contributed by atoms with Crippen molar-refractivity contribution in [3.63, 3.8) is 0 Å². The molecule has 1 rings (SSSR count). The summed E-state index contributed by atoms with van der Waals surface area (Å²) in [6.45, 7) is 0. The van der Waals surface area contributed by atoms with Gasteiger partial charge in [0.1, 0.15) is 0 Å². The van der Waals surface area contributed by atoms with Crippen molar-refractivity contribution in [3.05, 3.63) is 22.9 Å². The van der Waals surface area contributed by atoms with E-state index in [9.17, 15) is 0 Å². The van der Waals surface area contributed by atoms with Crippen molar-refractivity contribution in [2.45, 2.75) is 0 Å². The quantitative estimate of drug-likeness (QED) is 0.422. The Morgan fingerprint density at radius 3 is 1.38 bits per heavy atom. The average molecular weight is 334 g/mol. The van der Waals surface area contributed by atoms with Gasteiger partial charge in [-0.2, -0.15) is 11.3 Å². The van der Waals surface area contributed by atoms with E-state index in [0.29, 0.717) is 0 Å². The number of halogens is 2. The first-order valence-electron chi connectivity index (χ1n) is 1.47. The van der Waals surface area contributed by atoms with Gasteiger partial charge in [0.05, 0.1) is 0 Å². The molecule has 46 valence electrons. The second-order valence-electron chi connectivity index (χ2n) is 0.793. The van der Waals surface area contributed by atoms with E-state index < -0.39 is 0 Å². The van der Waals surface area contributed by atoms with Crippen LogP contribution in [0.5, 0.6) is 0 Å². The smallest absolute Gasteiger partial charge is 0 e. The van der Waals surface area contributed by atoms with Crippen LogP contribution < -0.4 is 24.8 Å². The fraction of sp³-hybridized carbons (Fsp3) is 0. The number of hydrogen-bond acceptors (Lipinski definition) is 1. The van der Waals surface area contributed by atoms with E-state index in [2.05, 4.69) is 0 Å². The molecule has 0 aliphatic rings. The summed E-state index contributed by atoms with van der Waals surface area (Å²) in [5.74, 6) is 0. The van der Waals surface area contributed by atoms with E-state index in [1.54, 1.807) is 11.3 Å². The van der Waals surface area contributed by atoms with Crippen molar-refractivity contribution in [1.82, 2.24) is 0 Å². The topological polar surface area (TPSA) is 0 Å². The molecule has 8 heavy (non-hydrogen) atoms. The Morgan fingerprint density at radius 1 is 0.875 bits per heavy atom. The Hall–Kier alpha value is 1.15. The van der Waals surface area contributed by atoms with Crippen LogP contribution in [0.25, 0.3) is 0 Å². The zero-order valence-electron chi connectivity index (χ0n) is 3.97. The van der Waals surface area contributed by atoms with Crippen molar-refractivity contribution in [2.75, 3.05) is 0 Å². The molecule has 1 heterocycles. The summed E-state index contributed by atoms with van der Waals surface area (Å²) in [5, 5.41) is 4.08. The summed E-state index contributed by atoms with van der Waals surface area (Å²) in [4.78, 5) is 0. The zero-order valence-corrected chi connectivity index (χ0v) is 9.89. The molecule has 0 bridgehead atoms. The van der Waals surface area contributed by atoms with Gasteiger partial charge in [0.2, 0.25) is 0 Å². The Morgan fingerprint density at radius 2 is 1.25 bits per heavy atom. The van der Waals surface area contributed by atoms with Gasteiger partial charge in [0.15, 0.2) is 0 Å². The molecule has 0 radical (unpaired) electrons. The van der Waals surface area contributed by atoms with Crippen molar-refractivity contribution in [3.8, 4) is 0 Å². The van der Waals surface area contributed by atoms with E-state index in [1.165, 1.54) is 0 Å². The first kappa shape index (κ1) is 16.1. The molecular formula is C4H4Cl2HfS-2. The van der Waals surface area contributed by atoms with E-state index in [1.807, 2.05) is 22.9 Å². The minimum absolute atomic E-state index is 0. The molecule has 0 aliphatic carbocycles. The second-order valence-corrected chi connectivity index (χ2v) is 1.61. The summed E-state index contributed by atoms with van der Waals surface area (Å²) < 4.78 is 0. The maximum atomic E-state index is 2.04. The molecule has 0 nitrogen and oxygen atoms in total. The minimum atomic E-state index is 0. The molecule has 0 saturated carbocycles. The number of hydrogen-bond donors (Lipinski definition) is 0. The molecule has 0 saturated heterocycles. The van der Waals surface area contributed by atoms with Crippen LogP contribution in [0, 0.1) is 0 Å². The Kier molecular flexibility index (Phi) is 22.1. The van der Waals surface area contributed by atoms with Gasteiger partial charge in [-0.05, 0) is 10.8 Å². The van der Waals surface area contributed by atoms with Crippen molar-refractivity contribution < 1.29 is 50.7 Å². The molecule has 4 heteroatoms. The third-order valence-corrected chi connectivity index (χ3v) is 1.05. The fourth-order valence-electron chi connectivity index (χ4n) is 0.227. The summed E-state index contributed by atoms with van der Waals surface area (Å²) >= 11 is 1.71. The normalized spacial score (nSPS) is 5.00. The Labute approximate surface area is 84.3 Å². The standard InChI is InChI=1S/C4H4S.2ClH.Hf/c1-2-4-5-3-1;;;/h1-4H;2*1H;/p-2. The molecule has 0 fully saturated rings. The van der Waals surface area contributed by atoms with Gasteiger partial charge in [-0.25, -0.2) is 0 Å². The Balaban J connectivity index is -0.0000000833. The predicted octanol–water partition coefficient (Wildman–Crippen LogP) is -4.25. The summed E-state index contributed by atoms with van der Waals surface area (Å²) in [6, 6.07) is 4.04. The van der Waals surface area contributed by atoms with Gasteiger partial charge < -0.3 is 24.8 Å². The fourth-order valence-corrected chi connectivity index (χ4v) is 0.680. The van der Waals surface area contributed by atoms with Gasteiger partial charge in [0.25, 0.3) is 0 Å². The van der Waals surface area contributed by atoms with E-state index >= 15 is 0 Å². The predicted molar refractivity (Wildman–Crippen MR) is 24.3 cm³/mol. The number of rotatable bonds is 0. The summed E-state index contributed by atoms with van der Waals surface area (Å²) in [6.07, 6.45) is 0. The van der Waals surface area contributed by atoms with Gasteiger partial charge in [-0.1, -0.05) is 12.1 Å². The molecule has 0 aromatic carbocycles. The average Bonchev–Trinajstić information content (AvgIpc) is 1.76. The van der Waals surface area contributed by atoms with Crippen LogP contribution in [0.3, 0.4) is 0 Å². The molecule has 0 N–H and O–H groups in total. The second kappa shape index (κ2) is 11.0. The van der Waals surface area contributed by atoms with Crippen LogP contribution in [-0.4, -0.2) is 0 Å². The molecule has 1 aromatic rings. The first-order chi connectivity index (χ1) is 2.50. The monoisotopic (exact) mass is 334 g/mol. The van der Waals surface area contributed by atoms with Crippen LogP contribution >= 0.6 is 11.3 Å². The molecular weight excluding hydrogens is 330 g/mol. The van der Waals surface area contributed by atoms with Gasteiger partial charge in [-0.15, -0.1) is 0 Å². The van der Waals surface area contributed by atoms with Gasteiger partial charge in [0, 0.05) is 25.8 Å². The summed E-state index contributed by atoms with van der Waals surface area (Å²) in [5.41, 5.74) is 0. The third kappa shape index (κ3) is 7.15. The molecule has 0 atom stereocenters. The van der Waals surface area contributed by atoms with Crippen molar-refractivity contribution in [1.29, 1.82) is 0 Å².